The van der Waals surface area contributed by atoms with Gasteiger partial charge >= 0.3 is 0 Å². The molecule has 0 bridgehead atoms. The van der Waals surface area contributed by atoms with Crippen LogP contribution in [0.4, 0.5) is 11.4 Å². The van der Waals surface area contributed by atoms with Gasteiger partial charge in [0, 0.05) is 12.1 Å². The first-order valence-corrected chi connectivity index (χ1v) is 3.00. The summed E-state index contributed by atoms with van der Waals surface area (Å²) in [6, 6.07) is 4.59. The van der Waals surface area contributed by atoms with Gasteiger partial charge < -0.3 is 0 Å². The Morgan fingerprint density at radius 1 is 1.00 bits per heavy atom. The molecule has 0 aliphatic heterocycles. The summed E-state index contributed by atoms with van der Waals surface area (Å²) in [7, 11) is 0. The summed E-state index contributed by atoms with van der Waals surface area (Å²) < 4.78 is 0. The van der Waals surface area contributed by atoms with Gasteiger partial charge in [0.25, 0.3) is 11.4 Å². The fourth-order valence-electron chi connectivity index (χ4n) is 0.720. The Morgan fingerprint density at radius 2 is 1.38 bits per heavy atom. The Bertz CT molecular complexity index is 312. The molecular weight excluding hydrogens is 200 g/mol. The summed E-state index contributed by atoms with van der Waals surface area (Å²) in [6.45, 7) is 0. The van der Waals surface area contributed by atoms with Crippen molar-refractivity contribution in [3.05, 3.63) is 44.5 Å². The van der Waals surface area contributed by atoms with Gasteiger partial charge in [0.2, 0.25) is 0 Å². The minimum Gasteiger partial charge on any atom is -0.258 e. The van der Waals surface area contributed by atoms with E-state index in [1.165, 1.54) is 18.2 Å². The minimum atomic E-state index is -0.674. The number of hydrogen-bond acceptors (Lipinski definition) is 4. The van der Waals surface area contributed by atoms with Crippen LogP contribution in [0.25, 0.3) is 0 Å². The van der Waals surface area contributed by atoms with Crippen LogP contribution in [0.5, 0.6) is 0 Å². The van der Waals surface area contributed by atoms with Crippen LogP contribution in [-0.4, -0.2) is 9.85 Å². The third kappa shape index (κ3) is 2.68. The molecule has 13 heavy (non-hydrogen) atoms. The molecular formula is C6H5ClN2O4. The number of halogens is 1. The molecule has 0 saturated carbocycles. The monoisotopic (exact) mass is 204 g/mol. The van der Waals surface area contributed by atoms with E-state index in [0.717, 1.165) is 6.07 Å². The zero-order valence-electron chi connectivity index (χ0n) is 6.25. The highest BCUT2D eigenvalue weighted by molar-refractivity contribution is 5.85. The highest BCUT2D eigenvalue weighted by atomic mass is 35.5. The fourth-order valence-corrected chi connectivity index (χ4v) is 0.720. The Balaban J connectivity index is 0.00000144. The van der Waals surface area contributed by atoms with Crippen LogP contribution in [0.1, 0.15) is 0 Å². The van der Waals surface area contributed by atoms with E-state index < -0.39 is 9.85 Å². The zero-order chi connectivity index (χ0) is 9.14. The molecule has 0 radical (unpaired) electrons. The van der Waals surface area contributed by atoms with Gasteiger partial charge in [0.05, 0.1) is 15.9 Å². The van der Waals surface area contributed by atoms with Crippen molar-refractivity contribution < 1.29 is 9.85 Å². The average Bonchev–Trinajstić information content (AvgIpc) is 2.04. The van der Waals surface area contributed by atoms with Crippen LogP contribution in [0.2, 0.25) is 0 Å². The average molecular weight is 205 g/mol. The summed E-state index contributed by atoms with van der Waals surface area (Å²) in [6.07, 6.45) is 0. The highest BCUT2D eigenvalue weighted by Crippen LogP contribution is 2.18. The standard InChI is InChI=1S/C6H4N2O4.ClH/c9-7(10)5-2-1-3-6(4-5)8(11)12;/h1-4H;1H. The van der Waals surface area contributed by atoms with Crippen molar-refractivity contribution in [1.82, 2.24) is 0 Å². The largest absolute Gasteiger partial charge is 0.276 e. The zero-order valence-corrected chi connectivity index (χ0v) is 7.06. The first kappa shape index (κ1) is 11.3. The van der Waals surface area contributed by atoms with E-state index in [1.807, 2.05) is 0 Å². The quantitative estimate of drug-likeness (QED) is 0.544. The molecule has 7 heteroatoms. The van der Waals surface area contributed by atoms with Crippen molar-refractivity contribution in [2.45, 2.75) is 0 Å². The van der Waals surface area contributed by atoms with E-state index in [-0.39, 0.29) is 23.8 Å². The van der Waals surface area contributed by atoms with Gasteiger partial charge in [-0.3, -0.25) is 20.2 Å². The third-order valence-electron chi connectivity index (χ3n) is 1.25. The molecule has 6 nitrogen and oxygen atoms in total. The van der Waals surface area contributed by atoms with Crippen LogP contribution < -0.4 is 0 Å². The van der Waals surface area contributed by atoms with Gasteiger partial charge in [-0.15, -0.1) is 12.4 Å². The number of nitro groups is 2. The fraction of sp³-hybridized carbons (Fsp3) is 0. The Hall–Kier alpha value is -1.69. The summed E-state index contributed by atoms with van der Waals surface area (Å²) >= 11 is 0. The van der Waals surface area contributed by atoms with E-state index in [9.17, 15) is 20.2 Å². The van der Waals surface area contributed by atoms with E-state index >= 15 is 0 Å². The molecule has 1 aromatic rings. The van der Waals surface area contributed by atoms with Gasteiger partial charge in [0.1, 0.15) is 0 Å². The molecule has 0 N–H and O–H groups in total. The van der Waals surface area contributed by atoms with Crippen molar-refractivity contribution in [3.63, 3.8) is 0 Å². The molecule has 0 aliphatic rings. The second kappa shape index (κ2) is 4.36. The van der Waals surface area contributed by atoms with Crippen LogP contribution in [0.15, 0.2) is 24.3 Å². The predicted molar refractivity (Wildman–Crippen MR) is 47.0 cm³/mol. The molecule has 0 spiro atoms. The molecule has 70 valence electrons. The molecule has 0 aromatic heterocycles. The molecule has 0 saturated heterocycles. The predicted octanol–water partition coefficient (Wildman–Crippen LogP) is 1.92. The first-order chi connectivity index (χ1) is 5.61. The summed E-state index contributed by atoms with van der Waals surface area (Å²) in [5.41, 5.74) is -0.548. The lowest BCUT2D eigenvalue weighted by Crippen LogP contribution is -1.91. The first-order valence-electron chi connectivity index (χ1n) is 3.00. The topological polar surface area (TPSA) is 86.3 Å². The second-order valence-corrected chi connectivity index (χ2v) is 2.03. The Morgan fingerprint density at radius 3 is 1.69 bits per heavy atom. The third-order valence-corrected chi connectivity index (χ3v) is 1.25. The van der Waals surface area contributed by atoms with E-state index in [0.29, 0.717) is 0 Å². The minimum absolute atomic E-state index is 0. The Labute approximate surface area is 78.9 Å². The number of nitro benzene ring substituents is 2. The molecule has 0 fully saturated rings. The van der Waals surface area contributed by atoms with Crippen molar-refractivity contribution in [2.24, 2.45) is 0 Å². The number of nitrogens with zero attached hydrogens (tertiary/aromatic N) is 2. The smallest absolute Gasteiger partial charge is 0.258 e. The molecule has 1 rings (SSSR count). The van der Waals surface area contributed by atoms with Crippen LogP contribution >= 0.6 is 12.4 Å². The van der Waals surface area contributed by atoms with Crippen molar-refractivity contribution in [2.75, 3.05) is 0 Å². The van der Waals surface area contributed by atoms with Crippen LogP contribution in [-0.2, 0) is 0 Å². The molecule has 1 aromatic carbocycles. The normalized spacial score (nSPS) is 8.62. The van der Waals surface area contributed by atoms with E-state index in [2.05, 4.69) is 0 Å². The van der Waals surface area contributed by atoms with Crippen molar-refractivity contribution >= 4 is 23.8 Å². The van der Waals surface area contributed by atoms with E-state index in [4.69, 9.17) is 0 Å². The molecule has 0 aliphatic carbocycles. The molecule has 0 amide bonds. The van der Waals surface area contributed by atoms with Gasteiger partial charge in [-0.25, -0.2) is 0 Å². The number of hydrogen-bond donors (Lipinski definition) is 0. The second-order valence-electron chi connectivity index (χ2n) is 2.03. The molecule has 0 unspecified atom stereocenters. The number of rotatable bonds is 2. The van der Waals surface area contributed by atoms with Gasteiger partial charge in [-0.05, 0) is 6.07 Å². The van der Waals surface area contributed by atoms with Crippen molar-refractivity contribution in [3.8, 4) is 0 Å². The summed E-state index contributed by atoms with van der Waals surface area (Å²) in [5.74, 6) is 0. The van der Waals surface area contributed by atoms with Crippen molar-refractivity contribution in [1.29, 1.82) is 0 Å². The van der Waals surface area contributed by atoms with Gasteiger partial charge in [0.15, 0.2) is 0 Å². The maximum atomic E-state index is 10.2. The SMILES string of the molecule is Cl.O=[N+]([O-])c1cccc([N+](=O)[O-])c1. The maximum Gasteiger partial charge on any atom is 0.276 e. The number of non-ortho nitro benzene ring substituents is 2. The highest BCUT2D eigenvalue weighted by Gasteiger charge is 2.11. The maximum absolute atomic E-state index is 10.2. The number of benzene rings is 1. The van der Waals surface area contributed by atoms with Gasteiger partial charge in [-0.1, -0.05) is 0 Å². The van der Waals surface area contributed by atoms with Crippen LogP contribution in [0, 0.1) is 20.2 Å². The molecule has 0 atom stereocenters. The lowest BCUT2D eigenvalue weighted by atomic mass is 10.3. The summed E-state index contributed by atoms with van der Waals surface area (Å²) in [4.78, 5) is 19.0. The van der Waals surface area contributed by atoms with Gasteiger partial charge in [-0.2, -0.15) is 0 Å². The summed E-state index contributed by atoms with van der Waals surface area (Å²) in [5, 5.41) is 20.3. The lowest BCUT2D eigenvalue weighted by molar-refractivity contribution is -0.394. The van der Waals surface area contributed by atoms with E-state index in [1.54, 1.807) is 0 Å². The lowest BCUT2D eigenvalue weighted by Gasteiger charge is -1.90. The van der Waals surface area contributed by atoms with Crippen LogP contribution in [0.3, 0.4) is 0 Å². The Kier molecular flexibility index (Phi) is 3.80. The molecule has 0 heterocycles.